The third-order valence-corrected chi connectivity index (χ3v) is 5.46. The Balaban J connectivity index is 1.94. The van der Waals surface area contributed by atoms with Crippen molar-refractivity contribution in [2.24, 2.45) is 0 Å². The Kier molecular flexibility index (Phi) is 10.8. The van der Waals surface area contributed by atoms with Crippen LogP contribution in [0.25, 0.3) is 11.3 Å². The highest BCUT2D eigenvalue weighted by atomic mass is 16.5. The summed E-state index contributed by atoms with van der Waals surface area (Å²) in [6.07, 6.45) is 16.7. The lowest BCUT2D eigenvalue weighted by Gasteiger charge is -2.15. The van der Waals surface area contributed by atoms with Crippen molar-refractivity contribution in [3.05, 3.63) is 47.9 Å². The second-order valence-corrected chi connectivity index (χ2v) is 7.81. The summed E-state index contributed by atoms with van der Waals surface area (Å²) in [5, 5.41) is 0. The largest absolute Gasteiger partial charge is 0.374 e. The van der Waals surface area contributed by atoms with Crippen LogP contribution in [0.2, 0.25) is 0 Å². The predicted octanol–water partition coefficient (Wildman–Crippen LogP) is 7.14. The lowest BCUT2D eigenvalue weighted by atomic mass is 9.98. The number of ether oxygens (including phenoxy) is 1. The highest BCUT2D eigenvalue weighted by Gasteiger charge is 2.12. The number of aryl methyl sites for hydroxylation is 1. The van der Waals surface area contributed by atoms with Crippen LogP contribution in [0, 0.1) is 0 Å². The van der Waals surface area contributed by atoms with Crippen molar-refractivity contribution in [2.75, 3.05) is 0 Å². The molecule has 0 aliphatic heterocycles. The van der Waals surface area contributed by atoms with E-state index in [0.29, 0.717) is 6.61 Å². The Bertz CT molecular complexity index is 671. The highest BCUT2D eigenvalue weighted by molar-refractivity contribution is 5.66. The number of aromatic nitrogens is 2. The van der Waals surface area contributed by atoms with Gasteiger partial charge in [0.1, 0.15) is 6.33 Å². The van der Waals surface area contributed by atoms with E-state index in [1.54, 1.807) is 6.33 Å². The summed E-state index contributed by atoms with van der Waals surface area (Å²) in [7, 11) is 0. The molecular formula is C25H38N2O. The molecule has 1 unspecified atom stereocenters. The topological polar surface area (TPSA) is 35.0 Å². The normalized spacial score (nSPS) is 12.2. The fourth-order valence-electron chi connectivity index (χ4n) is 3.46. The number of rotatable bonds is 14. The molecule has 0 aliphatic carbocycles. The summed E-state index contributed by atoms with van der Waals surface area (Å²) in [5.41, 5.74) is 4.72. The highest BCUT2D eigenvalue weighted by Crippen LogP contribution is 2.27. The van der Waals surface area contributed by atoms with Crippen LogP contribution in [0.5, 0.6) is 0 Å². The molecule has 1 aromatic heterocycles. The van der Waals surface area contributed by atoms with Crippen LogP contribution in [0.3, 0.4) is 0 Å². The van der Waals surface area contributed by atoms with Gasteiger partial charge in [-0.25, -0.2) is 9.97 Å². The number of hydrogen-bond donors (Lipinski definition) is 0. The van der Waals surface area contributed by atoms with Crippen LogP contribution >= 0.6 is 0 Å². The minimum atomic E-state index is 0.273. The van der Waals surface area contributed by atoms with Crippen LogP contribution in [0.4, 0.5) is 0 Å². The van der Waals surface area contributed by atoms with Crippen LogP contribution in [0.1, 0.15) is 89.7 Å². The lowest BCUT2D eigenvalue weighted by molar-refractivity contribution is 0.0511. The summed E-state index contributed by atoms with van der Waals surface area (Å²) in [6.45, 7) is 7.18. The Hall–Kier alpha value is -1.74. The number of benzene rings is 1. The second kappa shape index (κ2) is 13.4. The third kappa shape index (κ3) is 7.71. The van der Waals surface area contributed by atoms with Crippen molar-refractivity contribution in [2.45, 2.75) is 97.7 Å². The summed E-state index contributed by atoms with van der Waals surface area (Å²) in [5.74, 6) is 0. The molecule has 1 atom stereocenters. The Morgan fingerprint density at radius 2 is 1.61 bits per heavy atom. The van der Waals surface area contributed by atoms with E-state index < -0.39 is 0 Å². The van der Waals surface area contributed by atoms with Gasteiger partial charge in [-0.3, -0.25) is 0 Å². The van der Waals surface area contributed by atoms with Crippen molar-refractivity contribution < 1.29 is 4.74 Å². The third-order valence-electron chi connectivity index (χ3n) is 5.46. The standard InChI is InChI=1S/C25H38N2O/c1-4-6-7-8-9-10-11-12-15-22-18-26-20-27-25(22)24-17-14-13-16-23(24)19-28-21(3)5-2/h13-14,16-18,20-21H,4-12,15,19H2,1-3H3. The molecule has 3 heteroatoms. The van der Waals surface area contributed by atoms with Gasteiger partial charge in [-0.15, -0.1) is 0 Å². The van der Waals surface area contributed by atoms with Gasteiger partial charge in [-0.05, 0) is 37.3 Å². The molecule has 0 aliphatic rings. The first-order valence-corrected chi connectivity index (χ1v) is 11.2. The maximum Gasteiger partial charge on any atom is 0.116 e. The molecule has 0 saturated heterocycles. The van der Waals surface area contributed by atoms with Crippen molar-refractivity contribution in [1.29, 1.82) is 0 Å². The molecule has 28 heavy (non-hydrogen) atoms. The number of unbranched alkanes of at least 4 members (excludes halogenated alkanes) is 7. The molecule has 0 saturated carbocycles. The minimum absolute atomic E-state index is 0.273. The van der Waals surface area contributed by atoms with Crippen molar-refractivity contribution >= 4 is 0 Å². The molecule has 154 valence electrons. The van der Waals surface area contributed by atoms with Gasteiger partial charge in [-0.1, -0.05) is 83.1 Å². The summed E-state index contributed by atoms with van der Waals surface area (Å²) < 4.78 is 5.99. The molecule has 2 rings (SSSR count). The van der Waals surface area contributed by atoms with Gasteiger partial charge in [-0.2, -0.15) is 0 Å². The van der Waals surface area contributed by atoms with Crippen molar-refractivity contribution in [1.82, 2.24) is 9.97 Å². The Morgan fingerprint density at radius 3 is 2.36 bits per heavy atom. The molecule has 1 heterocycles. The zero-order valence-electron chi connectivity index (χ0n) is 18.1. The van der Waals surface area contributed by atoms with E-state index in [1.807, 2.05) is 6.20 Å². The molecule has 0 radical (unpaired) electrons. The summed E-state index contributed by atoms with van der Waals surface area (Å²) in [6, 6.07) is 8.48. The Morgan fingerprint density at radius 1 is 0.893 bits per heavy atom. The Labute approximate surface area is 172 Å². The first-order chi connectivity index (χ1) is 13.8. The number of nitrogens with zero attached hydrogens (tertiary/aromatic N) is 2. The van der Waals surface area contributed by atoms with Gasteiger partial charge < -0.3 is 4.74 Å². The summed E-state index contributed by atoms with van der Waals surface area (Å²) in [4.78, 5) is 8.93. The number of hydrogen-bond acceptors (Lipinski definition) is 3. The molecule has 3 nitrogen and oxygen atoms in total. The van der Waals surface area contributed by atoms with E-state index in [-0.39, 0.29) is 6.10 Å². The molecule has 0 spiro atoms. The van der Waals surface area contributed by atoms with E-state index in [4.69, 9.17) is 4.74 Å². The van der Waals surface area contributed by atoms with Crippen LogP contribution in [-0.4, -0.2) is 16.1 Å². The van der Waals surface area contributed by atoms with Crippen molar-refractivity contribution in [3.8, 4) is 11.3 Å². The average molecular weight is 383 g/mol. The molecule has 0 amide bonds. The lowest BCUT2D eigenvalue weighted by Crippen LogP contribution is -2.07. The zero-order valence-corrected chi connectivity index (χ0v) is 18.1. The smallest absolute Gasteiger partial charge is 0.116 e. The molecule has 0 N–H and O–H groups in total. The van der Waals surface area contributed by atoms with Gasteiger partial charge in [0.15, 0.2) is 0 Å². The van der Waals surface area contributed by atoms with Gasteiger partial charge >= 0.3 is 0 Å². The van der Waals surface area contributed by atoms with Gasteiger partial charge in [0, 0.05) is 11.8 Å². The maximum atomic E-state index is 5.99. The SMILES string of the molecule is CCCCCCCCCCc1cncnc1-c1ccccc1COC(C)CC. The van der Waals surface area contributed by atoms with E-state index >= 15 is 0 Å². The molecule has 0 bridgehead atoms. The van der Waals surface area contributed by atoms with Gasteiger partial charge in [0.25, 0.3) is 0 Å². The van der Waals surface area contributed by atoms with Crippen LogP contribution < -0.4 is 0 Å². The van der Waals surface area contributed by atoms with E-state index in [2.05, 4.69) is 55.0 Å². The molecule has 2 aromatic rings. The molecule has 1 aromatic carbocycles. The van der Waals surface area contributed by atoms with Gasteiger partial charge in [0.05, 0.1) is 18.4 Å². The van der Waals surface area contributed by atoms with Gasteiger partial charge in [0.2, 0.25) is 0 Å². The van der Waals surface area contributed by atoms with Crippen LogP contribution in [0.15, 0.2) is 36.8 Å². The predicted molar refractivity (Wildman–Crippen MR) is 118 cm³/mol. The van der Waals surface area contributed by atoms with Crippen molar-refractivity contribution in [3.63, 3.8) is 0 Å². The molecule has 0 fully saturated rings. The van der Waals surface area contributed by atoms with E-state index in [1.165, 1.54) is 68.1 Å². The summed E-state index contributed by atoms with van der Waals surface area (Å²) >= 11 is 0. The first kappa shape index (κ1) is 22.5. The molecular weight excluding hydrogens is 344 g/mol. The van der Waals surface area contributed by atoms with Crippen LogP contribution in [-0.2, 0) is 17.8 Å². The second-order valence-electron chi connectivity index (χ2n) is 7.81. The quantitative estimate of drug-likeness (QED) is 0.326. The minimum Gasteiger partial charge on any atom is -0.374 e. The monoisotopic (exact) mass is 382 g/mol. The first-order valence-electron chi connectivity index (χ1n) is 11.2. The fourth-order valence-corrected chi connectivity index (χ4v) is 3.46. The fraction of sp³-hybridized carbons (Fsp3) is 0.600. The zero-order chi connectivity index (χ0) is 20.0. The average Bonchev–Trinajstić information content (AvgIpc) is 2.74. The van der Waals surface area contributed by atoms with E-state index in [0.717, 1.165) is 18.5 Å². The van der Waals surface area contributed by atoms with E-state index in [9.17, 15) is 0 Å². The maximum absolute atomic E-state index is 5.99.